The number of amides is 1. The molecule has 0 atom stereocenters. The van der Waals surface area contributed by atoms with Crippen LogP contribution >= 0.6 is 35.3 Å². The Labute approximate surface area is 149 Å². The molecule has 2 aromatic rings. The van der Waals surface area contributed by atoms with Crippen LogP contribution in [0.15, 0.2) is 22.7 Å². The van der Waals surface area contributed by atoms with Crippen LogP contribution in [0.5, 0.6) is 0 Å². The topological polar surface area (TPSA) is 70.4 Å². The van der Waals surface area contributed by atoms with Crippen LogP contribution in [0.2, 0.25) is 4.34 Å². The molecule has 23 heavy (non-hydrogen) atoms. The van der Waals surface area contributed by atoms with E-state index in [2.05, 4.69) is 20.7 Å². The average molecular weight is 377 g/mol. The number of hydrogen-bond acceptors (Lipinski definition) is 6. The molecule has 2 aromatic heterocycles. The summed E-state index contributed by atoms with van der Waals surface area (Å²) in [6.45, 7) is 5.49. The molecule has 0 aromatic carbocycles. The molecule has 2 N–H and O–H groups in total. The fourth-order valence-corrected chi connectivity index (χ4v) is 3.29. The second-order valence-corrected chi connectivity index (χ2v) is 6.74. The van der Waals surface area contributed by atoms with Gasteiger partial charge in [0.15, 0.2) is 11.5 Å². The van der Waals surface area contributed by atoms with Crippen LogP contribution in [0.1, 0.15) is 10.5 Å². The van der Waals surface area contributed by atoms with Gasteiger partial charge in [0.05, 0.1) is 9.21 Å². The number of thiophene rings is 1. The summed E-state index contributed by atoms with van der Waals surface area (Å²) in [7, 11) is 0. The second kappa shape index (κ2) is 8.65. The van der Waals surface area contributed by atoms with E-state index < -0.39 is 0 Å². The summed E-state index contributed by atoms with van der Waals surface area (Å²) in [5.41, 5.74) is 0.292. The number of carbonyl (C=O) groups excluding carboxylic acids is 1. The largest absolute Gasteiger partial charge is 0.355 e. The Balaban J connectivity index is 0.00000192. The van der Waals surface area contributed by atoms with E-state index in [0.717, 1.165) is 37.6 Å². The minimum absolute atomic E-state index is 0. The van der Waals surface area contributed by atoms with Crippen LogP contribution in [0, 0.1) is 0 Å². The van der Waals surface area contributed by atoms with E-state index in [0.29, 0.717) is 22.3 Å². The SMILES string of the molecule is Cl.O=C(NCCN1CCNCC1)c1cc(-c2ccc(Cl)s2)on1. The summed E-state index contributed by atoms with van der Waals surface area (Å²) in [6.07, 6.45) is 0. The fourth-order valence-electron chi connectivity index (χ4n) is 2.30. The van der Waals surface area contributed by atoms with Crippen molar-refractivity contribution in [2.75, 3.05) is 39.3 Å². The number of hydrogen-bond donors (Lipinski definition) is 2. The Morgan fingerprint density at radius 2 is 2.22 bits per heavy atom. The first kappa shape index (κ1) is 18.2. The highest BCUT2D eigenvalue weighted by atomic mass is 35.5. The standard InChI is InChI=1S/C14H17ClN4O2S.ClH/c15-13-2-1-12(22-13)11-9-10(18-21-11)14(20)17-5-8-19-6-3-16-4-7-19;/h1-2,9,16H,3-8H2,(H,17,20);1H. The second-order valence-electron chi connectivity index (χ2n) is 5.03. The molecule has 0 spiro atoms. The van der Waals surface area contributed by atoms with E-state index in [9.17, 15) is 4.79 Å². The Bertz CT molecular complexity index is 640. The first-order chi connectivity index (χ1) is 10.7. The molecular weight excluding hydrogens is 359 g/mol. The molecule has 0 radical (unpaired) electrons. The van der Waals surface area contributed by atoms with Gasteiger partial charge < -0.3 is 15.2 Å². The summed E-state index contributed by atoms with van der Waals surface area (Å²) < 4.78 is 5.88. The third-order valence-corrected chi connectivity index (χ3v) is 4.73. The van der Waals surface area contributed by atoms with Crippen LogP contribution in [-0.4, -0.2) is 55.2 Å². The van der Waals surface area contributed by atoms with Crippen molar-refractivity contribution >= 4 is 41.3 Å². The van der Waals surface area contributed by atoms with Crippen LogP contribution in [0.4, 0.5) is 0 Å². The molecular formula is C14H18Cl2N4O2S. The molecule has 1 saturated heterocycles. The highest BCUT2D eigenvalue weighted by Gasteiger charge is 2.15. The van der Waals surface area contributed by atoms with E-state index in [1.165, 1.54) is 11.3 Å². The molecule has 126 valence electrons. The van der Waals surface area contributed by atoms with Crippen molar-refractivity contribution in [3.05, 3.63) is 28.2 Å². The number of aromatic nitrogens is 1. The molecule has 1 fully saturated rings. The number of nitrogens with zero attached hydrogens (tertiary/aromatic N) is 2. The molecule has 9 heteroatoms. The molecule has 0 bridgehead atoms. The van der Waals surface area contributed by atoms with Crippen LogP contribution < -0.4 is 10.6 Å². The maximum atomic E-state index is 12.0. The predicted molar refractivity (Wildman–Crippen MR) is 93.7 cm³/mol. The lowest BCUT2D eigenvalue weighted by molar-refractivity contribution is 0.0938. The Morgan fingerprint density at radius 3 is 2.91 bits per heavy atom. The molecule has 3 rings (SSSR count). The maximum Gasteiger partial charge on any atom is 0.273 e. The smallest absolute Gasteiger partial charge is 0.273 e. The Morgan fingerprint density at radius 1 is 1.43 bits per heavy atom. The summed E-state index contributed by atoms with van der Waals surface area (Å²) >= 11 is 7.28. The van der Waals surface area contributed by atoms with Gasteiger partial charge in [-0.15, -0.1) is 23.7 Å². The van der Waals surface area contributed by atoms with Crippen LogP contribution in [0.3, 0.4) is 0 Å². The van der Waals surface area contributed by atoms with Crippen molar-refractivity contribution < 1.29 is 9.32 Å². The monoisotopic (exact) mass is 376 g/mol. The first-order valence-corrected chi connectivity index (χ1v) is 8.35. The molecule has 6 nitrogen and oxygen atoms in total. The number of rotatable bonds is 5. The van der Waals surface area contributed by atoms with Crippen molar-refractivity contribution in [2.45, 2.75) is 0 Å². The lowest BCUT2D eigenvalue weighted by Crippen LogP contribution is -2.46. The zero-order valence-corrected chi connectivity index (χ0v) is 14.8. The van der Waals surface area contributed by atoms with Gasteiger partial charge in [-0.05, 0) is 12.1 Å². The number of halogens is 2. The van der Waals surface area contributed by atoms with Gasteiger partial charge in [-0.25, -0.2) is 0 Å². The molecule has 0 aliphatic carbocycles. The van der Waals surface area contributed by atoms with E-state index in [-0.39, 0.29) is 18.3 Å². The van der Waals surface area contributed by atoms with Crippen molar-refractivity contribution in [3.8, 4) is 10.6 Å². The van der Waals surface area contributed by atoms with Crippen LogP contribution in [-0.2, 0) is 0 Å². The summed E-state index contributed by atoms with van der Waals surface area (Å²) in [6, 6.07) is 5.28. The van der Waals surface area contributed by atoms with Crippen molar-refractivity contribution in [1.82, 2.24) is 20.7 Å². The number of piperazine rings is 1. The normalized spacial score (nSPS) is 15.2. The molecule has 1 aliphatic heterocycles. The average Bonchev–Trinajstić information content (AvgIpc) is 3.17. The maximum absolute atomic E-state index is 12.0. The van der Waals surface area contributed by atoms with Crippen molar-refractivity contribution in [3.63, 3.8) is 0 Å². The van der Waals surface area contributed by atoms with Gasteiger partial charge in [-0.2, -0.15) is 0 Å². The molecule has 1 amide bonds. The fraction of sp³-hybridized carbons (Fsp3) is 0.429. The third kappa shape index (κ3) is 4.92. The van der Waals surface area contributed by atoms with E-state index in [4.69, 9.17) is 16.1 Å². The lowest BCUT2D eigenvalue weighted by atomic mass is 10.3. The Kier molecular flexibility index (Phi) is 6.86. The zero-order valence-electron chi connectivity index (χ0n) is 12.4. The van der Waals surface area contributed by atoms with Crippen LogP contribution in [0.25, 0.3) is 10.6 Å². The molecule has 0 unspecified atom stereocenters. The van der Waals surface area contributed by atoms with E-state index in [1.807, 2.05) is 6.07 Å². The predicted octanol–water partition coefficient (Wildman–Crippen LogP) is 2.11. The lowest BCUT2D eigenvalue weighted by Gasteiger charge is -2.26. The summed E-state index contributed by atoms with van der Waals surface area (Å²) in [4.78, 5) is 15.2. The highest BCUT2D eigenvalue weighted by molar-refractivity contribution is 7.19. The van der Waals surface area contributed by atoms with Gasteiger partial charge in [-0.1, -0.05) is 16.8 Å². The van der Waals surface area contributed by atoms with E-state index >= 15 is 0 Å². The summed E-state index contributed by atoms with van der Waals surface area (Å²) in [5, 5.41) is 9.99. The van der Waals surface area contributed by atoms with Gasteiger partial charge in [0.25, 0.3) is 5.91 Å². The molecule has 1 aliphatic rings. The van der Waals surface area contributed by atoms with Crippen molar-refractivity contribution in [1.29, 1.82) is 0 Å². The van der Waals surface area contributed by atoms with Gasteiger partial charge in [0.1, 0.15) is 0 Å². The van der Waals surface area contributed by atoms with Crippen molar-refractivity contribution in [2.24, 2.45) is 0 Å². The molecule has 3 heterocycles. The minimum Gasteiger partial charge on any atom is -0.355 e. The van der Waals surface area contributed by atoms with Gasteiger partial charge in [0.2, 0.25) is 0 Å². The zero-order chi connectivity index (χ0) is 15.4. The number of carbonyl (C=O) groups is 1. The minimum atomic E-state index is -0.215. The van der Waals surface area contributed by atoms with Gasteiger partial charge in [0, 0.05) is 45.3 Å². The van der Waals surface area contributed by atoms with Gasteiger partial charge >= 0.3 is 0 Å². The Hall–Kier alpha value is -1.12. The quantitative estimate of drug-likeness (QED) is 0.835. The number of nitrogens with one attached hydrogen (secondary N) is 2. The highest BCUT2D eigenvalue weighted by Crippen LogP contribution is 2.31. The third-order valence-electron chi connectivity index (χ3n) is 3.48. The molecule has 0 saturated carbocycles. The summed E-state index contributed by atoms with van der Waals surface area (Å²) in [5.74, 6) is 0.344. The van der Waals surface area contributed by atoms with Gasteiger partial charge in [-0.3, -0.25) is 9.69 Å². The van der Waals surface area contributed by atoms with E-state index in [1.54, 1.807) is 12.1 Å². The first-order valence-electron chi connectivity index (χ1n) is 7.16.